The molecule has 1 N–H and O–H groups in total. The minimum atomic E-state index is -0.739. The SMILES string of the molecule is CC(C)(C)C(C(=O)O)=C1CCC1. The maximum Gasteiger partial charge on any atom is 0.332 e. The van der Waals surface area contributed by atoms with Crippen LogP contribution in [0, 0.1) is 5.41 Å². The smallest absolute Gasteiger partial charge is 0.332 e. The number of carboxylic acid groups (broad SMARTS) is 1. The summed E-state index contributed by atoms with van der Waals surface area (Å²) >= 11 is 0. The number of allylic oxidation sites excluding steroid dienone is 1. The van der Waals surface area contributed by atoms with E-state index in [0.717, 1.165) is 24.8 Å². The number of rotatable bonds is 1. The highest BCUT2D eigenvalue weighted by Gasteiger charge is 2.29. The number of carbonyl (C=O) groups is 1. The van der Waals surface area contributed by atoms with Crippen molar-refractivity contribution in [2.24, 2.45) is 5.41 Å². The molecule has 0 aliphatic heterocycles. The highest BCUT2D eigenvalue weighted by atomic mass is 16.4. The van der Waals surface area contributed by atoms with Gasteiger partial charge in [-0.2, -0.15) is 0 Å². The summed E-state index contributed by atoms with van der Waals surface area (Å²) in [5.74, 6) is -0.739. The number of carboxylic acids is 1. The van der Waals surface area contributed by atoms with Gasteiger partial charge in [-0.05, 0) is 24.7 Å². The molecule has 0 aromatic rings. The lowest BCUT2D eigenvalue weighted by Gasteiger charge is -2.28. The van der Waals surface area contributed by atoms with Gasteiger partial charge in [-0.1, -0.05) is 26.3 Å². The van der Waals surface area contributed by atoms with Crippen LogP contribution in [0.3, 0.4) is 0 Å². The zero-order valence-electron chi connectivity index (χ0n) is 7.98. The van der Waals surface area contributed by atoms with E-state index in [-0.39, 0.29) is 5.41 Å². The summed E-state index contributed by atoms with van der Waals surface area (Å²) in [5.41, 5.74) is 1.57. The van der Waals surface area contributed by atoms with Crippen LogP contribution in [0.4, 0.5) is 0 Å². The fraction of sp³-hybridized carbons (Fsp3) is 0.700. The molecule has 12 heavy (non-hydrogen) atoms. The normalized spacial score (nSPS) is 17.1. The second-order valence-corrected chi connectivity index (χ2v) is 4.39. The molecule has 0 unspecified atom stereocenters. The molecule has 0 spiro atoms. The van der Waals surface area contributed by atoms with E-state index in [4.69, 9.17) is 5.11 Å². The van der Waals surface area contributed by atoms with Crippen molar-refractivity contribution >= 4 is 5.97 Å². The zero-order valence-corrected chi connectivity index (χ0v) is 7.98. The van der Waals surface area contributed by atoms with Crippen LogP contribution >= 0.6 is 0 Å². The van der Waals surface area contributed by atoms with E-state index in [9.17, 15) is 4.79 Å². The standard InChI is InChI=1S/C10H16O2/c1-10(2,3)8(9(11)12)7-5-4-6-7/h4-6H2,1-3H3,(H,11,12). The molecule has 0 saturated heterocycles. The van der Waals surface area contributed by atoms with Gasteiger partial charge in [0.2, 0.25) is 0 Å². The molecule has 1 aliphatic carbocycles. The van der Waals surface area contributed by atoms with Crippen molar-refractivity contribution in [1.82, 2.24) is 0 Å². The molecular formula is C10H16O2. The minimum Gasteiger partial charge on any atom is -0.478 e. The first-order valence-electron chi connectivity index (χ1n) is 4.38. The summed E-state index contributed by atoms with van der Waals surface area (Å²) in [4.78, 5) is 10.9. The Balaban J connectivity index is 2.97. The van der Waals surface area contributed by atoms with Gasteiger partial charge in [-0.25, -0.2) is 4.79 Å². The molecule has 1 fully saturated rings. The molecule has 68 valence electrons. The Bertz CT molecular complexity index is 225. The maximum absolute atomic E-state index is 10.9. The first-order valence-corrected chi connectivity index (χ1v) is 4.38. The molecule has 0 heterocycles. The van der Waals surface area contributed by atoms with Gasteiger partial charge in [0.15, 0.2) is 0 Å². The molecule has 0 amide bonds. The minimum absolute atomic E-state index is 0.207. The van der Waals surface area contributed by atoms with Crippen LogP contribution in [-0.2, 0) is 4.79 Å². The Hall–Kier alpha value is -0.790. The Morgan fingerprint density at radius 2 is 1.83 bits per heavy atom. The molecule has 0 aromatic heterocycles. The van der Waals surface area contributed by atoms with Crippen LogP contribution < -0.4 is 0 Å². The van der Waals surface area contributed by atoms with Crippen LogP contribution in [0.1, 0.15) is 40.0 Å². The summed E-state index contributed by atoms with van der Waals surface area (Å²) in [7, 11) is 0. The number of aliphatic carboxylic acids is 1. The van der Waals surface area contributed by atoms with E-state index in [1.54, 1.807) is 0 Å². The number of hydrogen-bond donors (Lipinski definition) is 1. The quantitative estimate of drug-likeness (QED) is 0.611. The summed E-state index contributed by atoms with van der Waals surface area (Å²) in [6.45, 7) is 5.88. The molecule has 0 atom stereocenters. The van der Waals surface area contributed by atoms with Crippen molar-refractivity contribution in [1.29, 1.82) is 0 Å². The summed E-state index contributed by atoms with van der Waals surface area (Å²) in [6.07, 6.45) is 3.12. The van der Waals surface area contributed by atoms with E-state index < -0.39 is 5.97 Å². The second-order valence-electron chi connectivity index (χ2n) is 4.39. The van der Waals surface area contributed by atoms with Crippen molar-refractivity contribution in [2.75, 3.05) is 0 Å². The predicted molar refractivity (Wildman–Crippen MR) is 48.0 cm³/mol. The van der Waals surface area contributed by atoms with Crippen LogP contribution in [0.15, 0.2) is 11.1 Å². The zero-order chi connectivity index (χ0) is 9.35. The van der Waals surface area contributed by atoms with Crippen molar-refractivity contribution in [3.63, 3.8) is 0 Å². The predicted octanol–water partition coefficient (Wildman–Crippen LogP) is 2.60. The van der Waals surface area contributed by atoms with Crippen LogP contribution in [-0.4, -0.2) is 11.1 Å². The largest absolute Gasteiger partial charge is 0.478 e. The van der Waals surface area contributed by atoms with Crippen LogP contribution in [0.2, 0.25) is 0 Å². The van der Waals surface area contributed by atoms with Crippen LogP contribution in [0.5, 0.6) is 0 Å². The lowest BCUT2D eigenvalue weighted by Crippen LogP contribution is -2.22. The molecule has 0 bridgehead atoms. The van der Waals surface area contributed by atoms with E-state index in [1.807, 2.05) is 20.8 Å². The summed E-state index contributed by atoms with van der Waals surface area (Å²) in [6, 6.07) is 0. The highest BCUT2D eigenvalue weighted by molar-refractivity contribution is 5.89. The average molecular weight is 168 g/mol. The van der Waals surface area contributed by atoms with E-state index >= 15 is 0 Å². The molecule has 1 saturated carbocycles. The van der Waals surface area contributed by atoms with Gasteiger partial charge in [-0.3, -0.25) is 0 Å². The lowest BCUT2D eigenvalue weighted by atomic mass is 9.77. The molecular weight excluding hydrogens is 152 g/mol. The molecule has 0 radical (unpaired) electrons. The summed E-state index contributed by atoms with van der Waals surface area (Å²) < 4.78 is 0. The van der Waals surface area contributed by atoms with Crippen LogP contribution in [0.25, 0.3) is 0 Å². The van der Waals surface area contributed by atoms with Gasteiger partial charge in [0.25, 0.3) is 0 Å². The summed E-state index contributed by atoms with van der Waals surface area (Å²) in [5, 5.41) is 8.99. The Morgan fingerprint density at radius 3 is 1.92 bits per heavy atom. The van der Waals surface area contributed by atoms with Gasteiger partial charge >= 0.3 is 5.97 Å². The molecule has 0 aromatic carbocycles. The third kappa shape index (κ3) is 1.68. The second kappa shape index (κ2) is 2.92. The van der Waals surface area contributed by atoms with Crippen molar-refractivity contribution in [3.8, 4) is 0 Å². The average Bonchev–Trinajstić information content (AvgIpc) is 1.73. The van der Waals surface area contributed by atoms with Gasteiger partial charge in [0, 0.05) is 5.57 Å². The molecule has 2 heteroatoms. The first kappa shape index (κ1) is 9.30. The Kier molecular flexibility index (Phi) is 2.27. The molecule has 1 aliphatic rings. The fourth-order valence-electron chi connectivity index (χ4n) is 1.61. The maximum atomic E-state index is 10.9. The Morgan fingerprint density at radius 1 is 1.33 bits per heavy atom. The van der Waals surface area contributed by atoms with Gasteiger partial charge in [0.05, 0.1) is 0 Å². The first-order chi connectivity index (χ1) is 5.43. The van der Waals surface area contributed by atoms with Gasteiger partial charge < -0.3 is 5.11 Å². The topological polar surface area (TPSA) is 37.3 Å². The third-order valence-corrected chi connectivity index (χ3v) is 2.27. The monoisotopic (exact) mass is 168 g/mol. The van der Waals surface area contributed by atoms with Crippen molar-refractivity contribution in [3.05, 3.63) is 11.1 Å². The number of hydrogen-bond acceptors (Lipinski definition) is 1. The van der Waals surface area contributed by atoms with Gasteiger partial charge in [0.1, 0.15) is 0 Å². The molecule has 1 rings (SSSR count). The third-order valence-electron chi connectivity index (χ3n) is 2.27. The van der Waals surface area contributed by atoms with Crippen molar-refractivity contribution < 1.29 is 9.90 Å². The van der Waals surface area contributed by atoms with E-state index in [0.29, 0.717) is 5.57 Å². The highest BCUT2D eigenvalue weighted by Crippen LogP contribution is 2.37. The fourth-order valence-corrected chi connectivity index (χ4v) is 1.61. The van der Waals surface area contributed by atoms with Gasteiger partial charge in [-0.15, -0.1) is 0 Å². The van der Waals surface area contributed by atoms with E-state index in [1.165, 1.54) is 0 Å². The lowest BCUT2D eigenvalue weighted by molar-refractivity contribution is -0.133. The Labute approximate surface area is 73.3 Å². The molecule has 2 nitrogen and oxygen atoms in total. The van der Waals surface area contributed by atoms with E-state index in [2.05, 4.69) is 0 Å². The van der Waals surface area contributed by atoms with Crippen molar-refractivity contribution in [2.45, 2.75) is 40.0 Å².